The molecule has 0 atom stereocenters. The number of aryl methyl sites for hydroxylation is 1. The van der Waals surface area contributed by atoms with Crippen LogP contribution in [0, 0.1) is 0 Å². The third-order valence-corrected chi connectivity index (χ3v) is 8.43. The molecule has 2 rings (SSSR count). The fourth-order valence-corrected chi connectivity index (χ4v) is 5.55. The van der Waals surface area contributed by atoms with Gasteiger partial charge in [-0.3, -0.25) is 9.59 Å². The van der Waals surface area contributed by atoms with Gasteiger partial charge in [0.1, 0.15) is 12.1 Å². The van der Waals surface area contributed by atoms with Crippen LogP contribution in [-0.2, 0) is 35.1 Å². The molecule has 0 aliphatic carbocycles. The van der Waals surface area contributed by atoms with Gasteiger partial charge in [-0.2, -0.15) is 0 Å². The Morgan fingerprint density at radius 2 is 1.22 bits per heavy atom. The van der Waals surface area contributed by atoms with E-state index in [1.54, 1.807) is 0 Å². The molecule has 1 amide bonds. The monoisotopic (exact) mass is 815 g/mol. The maximum atomic E-state index is 12.2. The van der Waals surface area contributed by atoms with Gasteiger partial charge in [0.15, 0.2) is 12.4 Å². The van der Waals surface area contributed by atoms with Gasteiger partial charge in [0.05, 0.1) is 46.1 Å². The molecule has 304 valence electrons. The van der Waals surface area contributed by atoms with Crippen LogP contribution in [0.3, 0.4) is 0 Å². The number of unbranched alkanes of at least 4 members (excludes halogenated alkanes) is 6. The Morgan fingerprint density at radius 3 is 1.78 bits per heavy atom. The number of carbonyl (C=O) groups excluding carboxylic acids is 2. The quantitative estimate of drug-likeness (QED) is 0.0493. The summed E-state index contributed by atoms with van der Waals surface area (Å²) < 4.78 is 23.7. The maximum Gasteiger partial charge on any atom is 0.308 e. The molecule has 0 bridgehead atoms. The second-order valence-electron chi connectivity index (χ2n) is 14.4. The van der Waals surface area contributed by atoms with Gasteiger partial charge in [-0.05, 0) is 56.9 Å². The van der Waals surface area contributed by atoms with Gasteiger partial charge in [0.2, 0.25) is 5.91 Å². The van der Waals surface area contributed by atoms with Gasteiger partial charge in [0.25, 0.3) is 0 Å². The van der Waals surface area contributed by atoms with E-state index in [2.05, 4.69) is 102 Å². The molecule has 0 spiro atoms. The van der Waals surface area contributed by atoms with Crippen molar-refractivity contribution in [2.75, 3.05) is 64.2 Å². The molecule has 54 heavy (non-hydrogen) atoms. The van der Waals surface area contributed by atoms with E-state index in [1.165, 1.54) is 62.6 Å². The topological polar surface area (TPSA) is 90.2 Å². The molecule has 1 aromatic carbocycles. The molecule has 1 heterocycles. The van der Waals surface area contributed by atoms with Crippen molar-refractivity contribution in [2.45, 2.75) is 117 Å². The van der Waals surface area contributed by atoms with E-state index in [1.807, 2.05) is 20.8 Å². The van der Waals surface area contributed by atoms with Crippen LogP contribution in [0.2, 0.25) is 0 Å². The van der Waals surface area contributed by atoms with Crippen molar-refractivity contribution in [3.63, 3.8) is 0 Å². The zero-order valence-electron chi connectivity index (χ0n) is 34.0. The molecule has 2 aromatic rings. The van der Waals surface area contributed by atoms with Crippen LogP contribution in [0.1, 0.15) is 116 Å². The summed E-state index contributed by atoms with van der Waals surface area (Å²) in [5, 5.41) is 2.91. The SMILES string of the molecule is CCCCCCN(CCCCCC)c1ccc(/C=C/C=C/c2cc[n+](CCCC(=O)NCCOCCOCCOCCC(=O)OC(C)(C)C)cc2)cc1.[Br-]. The van der Waals surface area contributed by atoms with E-state index in [-0.39, 0.29) is 35.3 Å². The molecule has 9 nitrogen and oxygen atoms in total. The van der Waals surface area contributed by atoms with Crippen molar-refractivity contribution in [1.29, 1.82) is 0 Å². The number of aromatic nitrogens is 1. The Bertz CT molecular complexity index is 1280. The van der Waals surface area contributed by atoms with Gasteiger partial charge < -0.3 is 46.1 Å². The van der Waals surface area contributed by atoms with E-state index in [4.69, 9.17) is 18.9 Å². The predicted octanol–water partition coefficient (Wildman–Crippen LogP) is 5.35. The molecule has 0 saturated heterocycles. The lowest BCUT2D eigenvalue weighted by Crippen LogP contribution is -3.00. The molecule has 0 fully saturated rings. The second kappa shape index (κ2) is 31.2. The van der Waals surface area contributed by atoms with Crippen molar-refractivity contribution in [1.82, 2.24) is 5.32 Å². The number of halogens is 1. The fraction of sp³-hybridized carbons (Fsp3) is 0.614. The van der Waals surface area contributed by atoms with Crippen molar-refractivity contribution in [3.8, 4) is 0 Å². The number of rotatable bonds is 30. The minimum atomic E-state index is -0.480. The van der Waals surface area contributed by atoms with E-state index >= 15 is 0 Å². The van der Waals surface area contributed by atoms with Crippen molar-refractivity contribution in [2.24, 2.45) is 0 Å². The van der Waals surface area contributed by atoms with Crippen LogP contribution < -0.4 is 31.8 Å². The van der Waals surface area contributed by atoms with Crippen LogP contribution in [0.15, 0.2) is 60.9 Å². The third-order valence-electron chi connectivity index (χ3n) is 8.43. The molecular formula is C44H70BrN3O6. The number of anilines is 1. The molecule has 1 N–H and O–H groups in total. The van der Waals surface area contributed by atoms with Crippen LogP contribution in [-0.4, -0.2) is 76.8 Å². The summed E-state index contributed by atoms with van der Waals surface area (Å²) in [5.74, 6) is -0.243. The second-order valence-corrected chi connectivity index (χ2v) is 14.4. The number of ether oxygens (including phenoxy) is 4. The number of amides is 1. The number of hydrogen-bond donors (Lipinski definition) is 1. The fourth-order valence-electron chi connectivity index (χ4n) is 5.55. The molecule has 10 heteroatoms. The highest BCUT2D eigenvalue weighted by molar-refractivity contribution is 5.75. The summed E-state index contributed by atoms with van der Waals surface area (Å²) in [6.45, 7) is 16.1. The molecule has 0 aliphatic rings. The van der Waals surface area contributed by atoms with Gasteiger partial charge in [-0.15, -0.1) is 0 Å². The predicted molar refractivity (Wildman–Crippen MR) is 217 cm³/mol. The zero-order chi connectivity index (χ0) is 38.4. The molecule has 1 aromatic heterocycles. The first-order valence-corrected chi connectivity index (χ1v) is 20.1. The Labute approximate surface area is 337 Å². The molecular weight excluding hydrogens is 746 g/mol. The lowest BCUT2D eigenvalue weighted by atomic mass is 10.1. The number of nitrogens with one attached hydrogen (secondary N) is 1. The number of esters is 1. The summed E-state index contributed by atoms with van der Waals surface area (Å²) in [4.78, 5) is 26.4. The number of allylic oxidation sites excluding steroid dienone is 2. The third kappa shape index (κ3) is 25.9. The van der Waals surface area contributed by atoms with E-state index in [0.29, 0.717) is 52.6 Å². The highest BCUT2D eigenvalue weighted by atomic mass is 79.9. The largest absolute Gasteiger partial charge is 1.00 e. The number of carbonyl (C=O) groups is 2. The highest BCUT2D eigenvalue weighted by Gasteiger charge is 2.15. The zero-order valence-corrected chi connectivity index (χ0v) is 35.6. The van der Waals surface area contributed by atoms with Crippen LogP contribution in [0.4, 0.5) is 5.69 Å². The van der Waals surface area contributed by atoms with Gasteiger partial charge in [-0.25, -0.2) is 4.57 Å². The van der Waals surface area contributed by atoms with Crippen molar-refractivity contribution >= 4 is 29.7 Å². The average Bonchev–Trinajstić information content (AvgIpc) is 3.13. The average molecular weight is 817 g/mol. The normalized spacial score (nSPS) is 11.6. The number of pyridine rings is 1. The van der Waals surface area contributed by atoms with Crippen molar-refractivity contribution < 1.29 is 50.1 Å². The first kappa shape index (κ1) is 49.0. The standard InChI is InChI=1S/C44H69N3O6.BrH/c1-6-8-10-14-29-47(30-15-11-9-7-2)41-22-20-39(21-23-41)17-12-13-18-40-24-31-46(32-25-40)28-16-19-42(48)45-27-34-51-36-38-52-37-35-50-33-26-43(49)53-44(3,4)5;/h12-13,17-18,20-25,31-32H,6-11,14-16,19,26-30,33-38H2,1-5H3;1H. The Balaban J connectivity index is 0.0000146. The summed E-state index contributed by atoms with van der Waals surface area (Å²) in [6.07, 6.45) is 24.4. The van der Waals surface area contributed by atoms with Gasteiger partial charge >= 0.3 is 5.97 Å². The molecule has 0 aliphatic heterocycles. The van der Waals surface area contributed by atoms with E-state index < -0.39 is 5.60 Å². The minimum Gasteiger partial charge on any atom is -1.00 e. The van der Waals surface area contributed by atoms with Gasteiger partial charge in [-0.1, -0.05) is 88.8 Å². The molecule has 0 radical (unpaired) electrons. The van der Waals surface area contributed by atoms with Crippen LogP contribution in [0.25, 0.3) is 12.2 Å². The number of hydrogen-bond acceptors (Lipinski definition) is 7. The molecule has 0 unspecified atom stereocenters. The van der Waals surface area contributed by atoms with Crippen LogP contribution in [0.5, 0.6) is 0 Å². The molecule has 0 saturated carbocycles. The summed E-state index contributed by atoms with van der Waals surface area (Å²) in [7, 11) is 0. The Kier molecular flexibility index (Phi) is 28.3. The van der Waals surface area contributed by atoms with Crippen LogP contribution >= 0.6 is 0 Å². The Morgan fingerprint density at radius 1 is 0.685 bits per heavy atom. The van der Waals surface area contributed by atoms with Gasteiger partial charge in [0, 0.05) is 50.3 Å². The minimum absolute atomic E-state index is 0. The lowest BCUT2D eigenvalue weighted by molar-refractivity contribution is -0.697. The lowest BCUT2D eigenvalue weighted by Gasteiger charge is -2.25. The highest BCUT2D eigenvalue weighted by Crippen LogP contribution is 2.19. The first-order chi connectivity index (χ1) is 25.7. The first-order valence-electron chi connectivity index (χ1n) is 20.1. The Hall–Kier alpha value is -3.05. The summed E-state index contributed by atoms with van der Waals surface area (Å²) >= 11 is 0. The summed E-state index contributed by atoms with van der Waals surface area (Å²) in [6, 6.07) is 13.2. The maximum absolute atomic E-state index is 12.2. The van der Waals surface area contributed by atoms with E-state index in [0.717, 1.165) is 31.6 Å². The number of nitrogens with zero attached hydrogens (tertiary/aromatic N) is 2. The van der Waals surface area contributed by atoms with Crippen molar-refractivity contribution in [3.05, 3.63) is 72.1 Å². The smallest absolute Gasteiger partial charge is 0.308 e. The summed E-state index contributed by atoms with van der Waals surface area (Å²) in [5.41, 5.74) is 3.19. The number of benzene rings is 1. The van der Waals surface area contributed by atoms with E-state index in [9.17, 15) is 9.59 Å².